The van der Waals surface area contributed by atoms with E-state index in [4.69, 9.17) is 4.74 Å². The Hall–Kier alpha value is -3.21. The second-order valence-corrected chi connectivity index (χ2v) is 6.68. The monoisotopic (exact) mass is 422 g/mol. The van der Waals surface area contributed by atoms with Crippen LogP contribution in [0.25, 0.3) is 27.8 Å². The predicted octanol–water partition coefficient (Wildman–Crippen LogP) is 4.40. The quantitative estimate of drug-likeness (QED) is 0.466. The van der Waals surface area contributed by atoms with E-state index in [-0.39, 0.29) is 17.7 Å². The highest BCUT2D eigenvalue weighted by atomic mass is 19.4. The lowest BCUT2D eigenvalue weighted by molar-refractivity contribution is -0.223. The van der Waals surface area contributed by atoms with Gasteiger partial charge in [0.1, 0.15) is 11.6 Å². The molecular weight excluding hydrogens is 404 g/mol. The van der Waals surface area contributed by atoms with Gasteiger partial charge in [-0.25, -0.2) is 9.37 Å². The van der Waals surface area contributed by atoms with Crippen molar-refractivity contribution in [2.75, 3.05) is 19.0 Å². The van der Waals surface area contributed by atoms with Crippen molar-refractivity contribution < 1.29 is 22.3 Å². The largest absolute Gasteiger partial charge is 0.419 e. The first-order valence-corrected chi connectivity index (χ1v) is 9.12. The van der Waals surface area contributed by atoms with E-state index in [0.29, 0.717) is 28.1 Å². The van der Waals surface area contributed by atoms with Crippen LogP contribution in [0, 0.1) is 12.7 Å². The van der Waals surface area contributed by atoms with E-state index in [1.165, 1.54) is 26.2 Å². The van der Waals surface area contributed by atoms with E-state index < -0.39 is 23.7 Å². The first-order chi connectivity index (χ1) is 14.3. The maximum atomic E-state index is 15.3. The van der Waals surface area contributed by atoms with Crippen molar-refractivity contribution in [1.29, 1.82) is 0 Å². The third-order valence-corrected chi connectivity index (χ3v) is 4.87. The van der Waals surface area contributed by atoms with Crippen LogP contribution in [0.4, 0.5) is 23.4 Å². The van der Waals surface area contributed by atoms with Crippen molar-refractivity contribution >= 4 is 22.4 Å². The summed E-state index contributed by atoms with van der Waals surface area (Å²) in [6.07, 6.45) is -0.978. The number of halogens is 4. The molecule has 158 valence electrons. The Morgan fingerprint density at radius 1 is 1.27 bits per heavy atom. The zero-order valence-electron chi connectivity index (χ0n) is 16.3. The number of anilines is 1. The smallest absolute Gasteiger partial charge is 0.372 e. The molecule has 0 amide bonds. The van der Waals surface area contributed by atoms with Crippen molar-refractivity contribution in [3.8, 4) is 11.3 Å². The second kappa shape index (κ2) is 7.24. The van der Waals surface area contributed by atoms with Gasteiger partial charge in [0.15, 0.2) is 11.8 Å². The summed E-state index contributed by atoms with van der Waals surface area (Å²) in [6, 6.07) is 0. The molecule has 1 atom stereocenters. The van der Waals surface area contributed by atoms with Crippen LogP contribution < -0.4 is 5.32 Å². The molecule has 3 heterocycles. The number of H-pyrrole nitrogens is 1. The van der Waals surface area contributed by atoms with Gasteiger partial charge in [0.25, 0.3) is 0 Å². The Labute approximate surface area is 168 Å². The third-order valence-electron chi connectivity index (χ3n) is 4.87. The lowest BCUT2D eigenvalue weighted by Gasteiger charge is -2.23. The minimum Gasteiger partial charge on any atom is -0.372 e. The average Bonchev–Trinajstić information content (AvgIpc) is 3.33. The van der Waals surface area contributed by atoms with Gasteiger partial charge in [-0.3, -0.25) is 10.1 Å². The van der Waals surface area contributed by atoms with Crippen molar-refractivity contribution in [1.82, 2.24) is 24.6 Å². The Morgan fingerprint density at radius 2 is 2.03 bits per heavy atom. The van der Waals surface area contributed by atoms with Crippen molar-refractivity contribution in [3.05, 3.63) is 41.7 Å². The van der Waals surface area contributed by atoms with Gasteiger partial charge in [0.05, 0.1) is 35.4 Å². The van der Waals surface area contributed by atoms with Crippen LogP contribution in [-0.2, 0) is 4.74 Å². The standard InChI is InChI=1S/C19H18F4N6O/c1-4-30-18(19(21,22)23)15-16(20)9(2)14(10-5-26-28-17(10)15)11-7-29-8-12(24-3)27-13(29)6-25-11/h5-8,18,24H,4H2,1-3H3,(H,26,28). The number of nitrogens with zero attached hydrogens (tertiary/aromatic N) is 4. The molecule has 30 heavy (non-hydrogen) atoms. The minimum absolute atomic E-state index is 0.0219. The molecule has 0 bridgehead atoms. The van der Waals surface area contributed by atoms with Crippen LogP contribution in [-0.4, -0.2) is 44.4 Å². The summed E-state index contributed by atoms with van der Waals surface area (Å²) in [5.74, 6) is -0.397. The van der Waals surface area contributed by atoms with Gasteiger partial charge in [-0.05, 0) is 19.4 Å². The number of imidazole rings is 1. The predicted molar refractivity (Wildman–Crippen MR) is 103 cm³/mol. The van der Waals surface area contributed by atoms with E-state index in [9.17, 15) is 13.2 Å². The molecular formula is C19H18F4N6O. The summed E-state index contributed by atoms with van der Waals surface area (Å²) < 4.78 is 62.8. The average molecular weight is 422 g/mol. The number of nitrogens with one attached hydrogen (secondary N) is 2. The van der Waals surface area contributed by atoms with E-state index in [1.54, 1.807) is 23.8 Å². The van der Waals surface area contributed by atoms with Crippen LogP contribution >= 0.6 is 0 Å². The topological polar surface area (TPSA) is 80.1 Å². The summed E-state index contributed by atoms with van der Waals surface area (Å²) in [5, 5.41) is 9.59. The Bertz CT molecular complexity index is 1230. The van der Waals surface area contributed by atoms with Crippen LogP contribution in [0.1, 0.15) is 24.2 Å². The second-order valence-electron chi connectivity index (χ2n) is 6.68. The molecule has 0 radical (unpaired) electrons. The molecule has 1 aromatic carbocycles. The normalized spacial score (nSPS) is 13.3. The molecule has 7 nitrogen and oxygen atoms in total. The molecule has 0 saturated heterocycles. The first kappa shape index (κ1) is 20.1. The van der Waals surface area contributed by atoms with Crippen molar-refractivity contribution in [2.45, 2.75) is 26.1 Å². The number of fused-ring (bicyclic) bond motifs is 2. The number of rotatable bonds is 5. The highest BCUT2D eigenvalue weighted by Crippen LogP contribution is 2.43. The van der Waals surface area contributed by atoms with Crippen LogP contribution in [0.3, 0.4) is 0 Å². The van der Waals surface area contributed by atoms with Crippen molar-refractivity contribution in [2.24, 2.45) is 0 Å². The van der Waals surface area contributed by atoms with Crippen molar-refractivity contribution in [3.63, 3.8) is 0 Å². The molecule has 0 aliphatic rings. The molecule has 0 aliphatic carbocycles. The highest BCUT2D eigenvalue weighted by Gasteiger charge is 2.45. The number of aromatic amines is 1. The first-order valence-electron chi connectivity index (χ1n) is 9.12. The van der Waals surface area contributed by atoms with Gasteiger partial charge in [0.2, 0.25) is 0 Å². The summed E-state index contributed by atoms with van der Waals surface area (Å²) in [4.78, 5) is 8.64. The summed E-state index contributed by atoms with van der Waals surface area (Å²) in [5.41, 5.74) is 0.617. The molecule has 4 aromatic rings. The van der Waals surface area contributed by atoms with E-state index in [2.05, 4.69) is 25.5 Å². The van der Waals surface area contributed by atoms with Gasteiger partial charge in [-0.15, -0.1) is 0 Å². The fourth-order valence-corrected chi connectivity index (χ4v) is 3.54. The van der Waals surface area contributed by atoms with E-state index >= 15 is 4.39 Å². The van der Waals surface area contributed by atoms with Crippen LogP contribution in [0.2, 0.25) is 0 Å². The Kier molecular flexibility index (Phi) is 4.85. The fraction of sp³-hybridized carbons (Fsp3) is 0.316. The highest BCUT2D eigenvalue weighted by molar-refractivity contribution is 5.97. The number of ether oxygens (including phenoxy) is 1. The Balaban J connectivity index is 1.98. The molecule has 3 aromatic heterocycles. The molecule has 0 spiro atoms. The lowest BCUT2D eigenvalue weighted by Crippen LogP contribution is -2.25. The minimum atomic E-state index is -4.79. The zero-order valence-corrected chi connectivity index (χ0v) is 16.3. The Morgan fingerprint density at radius 3 is 2.70 bits per heavy atom. The number of benzene rings is 1. The molecule has 1 unspecified atom stereocenters. The molecule has 11 heteroatoms. The lowest BCUT2D eigenvalue weighted by atomic mass is 9.94. The van der Waals surface area contributed by atoms with Gasteiger partial charge >= 0.3 is 6.18 Å². The third kappa shape index (κ3) is 3.15. The maximum absolute atomic E-state index is 15.3. The molecule has 4 rings (SSSR count). The van der Waals surface area contributed by atoms with E-state index in [0.717, 1.165) is 0 Å². The van der Waals surface area contributed by atoms with Crippen LogP contribution in [0.5, 0.6) is 0 Å². The molecule has 0 fully saturated rings. The fourth-order valence-electron chi connectivity index (χ4n) is 3.54. The summed E-state index contributed by atoms with van der Waals surface area (Å²) in [6.45, 7) is 2.61. The molecule has 2 N–H and O–H groups in total. The summed E-state index contributed by atoms with van der Waals surface area (Å²) >= 11 is 0. The SMILES string of the molecule is CCOC(c1c(F)c(C)c(-c2cn3cc(NC)nc3cn2)c2cn[nH]c12)C(F)(F)F. The van der Waals surface area contributed by atoms with Gasteiger partial charge in [0, 0.05) is 30.8 Å². The number of aromatic nitrogens is 5. The molecule has 0 aliphatic heterocycles. The van der Waals surface area contributed by atoms with E-state index in [1.807, 2.05) is 0 Å². The van der Waals surface area contributed by atoms with Crippen LogP contribution in [0.15, 0.2) is 24.8 Å². The zero-order chi connectivity index (χ0) is 21.6. The van der Waals surface area contributed by atoms with Gasteiger partial charge in [-0.1, -0.05) is 0 Å². The summed E-state index contributed by atoms with van der Waals surface area (Å²) in [7, 11) is 1.72. The number of hydrogen-bond acceptors (Lipinski definition) is 5. The number of alkyl halides is 3. The molecule has 0 saturated carbocycles. The maximum Gasteiger partial charge on any atom is 0.419 e. The van der Waals surface area contributed by atoms with Gasteiger partial charge in [-0.2, -0.15) is 18.3 Å². The number of hydrogen-bond donors (Lipinski definition) is 2. The van der Waals surface area contributed by atoms with Gasteiger partial charge < -0.3 is 14.5 Å².